The quantitative estimate of drug-likeness (QED) is 0.613. The van der Waals surface area contributed by atoms with E-state index in [1.54, 1.807) is 13.8 Å². The summed E-state index contributed by atoms with van der Waals surface area (Å²) in [4.78, 5) is 24.5. The van der Waals surface area contributed by atoms with Gasteiger partial charge in [-0.25, -0.2) is 0 Å². The fraction of sp³-hybridized carbons (Fsp3) is 0.529. The lowest BCUT2D eigenvalue weighted by Crippen LogP contribution is -2.29. The third kappa shape index (κ3) is 1.96. The predicted molar refractivity (Wildman–Crippen MR) is 75.8 cm³/mol. The van der Waals surface area contributed by atoms with Crippen LogP contribution >= 0.6 is 0 Å². The van der Waals surface area contributed by atoms with Gasteiger partial charge in [-0.1, -0.05) is 12.1 Å². The molecule has 3 rings (SSSR count). The van der Waals surface area contributed by atoms with E-state index in [-0.39, 0.29) is 5.78 Å². The predicted octanol–water partition coefficient (Wildman–Crippen LogP) is 3.17. The molecule has 0 amide bonds. The number of carbonyl (C=O) groups is 2. The highest BCUT2D eigenvalue weighted by atomic mass is 16.6. The van der Waals surface area contributed by atoms with Gasteiger partial charge in [-0.05, 0) is 68.7 Å². The number of hydrogen-bond donors (Lipinski definition) is 0. The molecule has 1 heterocycles. The molecule has 0 N–H and O–H groups in total. The maximum Gasteiger partial charge on any atom is 0.322 e. The fourth-order valence-electron chi connectivity index (χ4n) is 3.18. The Morgan fingerprint density at radius 3 is 2.05 bits per heavy atom. The molecule has 1 saturated heterocycles. The number of aryl methyl sites for hydroxylation is 2. The maximum absolute atomic E-state index is 12.4. The first-order valence-electron chi connectivity index (χ1n) is 7.19. The van der Waals surface area contributed by atoms with Gasteiger partial charge in [-0.3, -0.25) is 9.59 Å². The second-order valence-electron chi connectivity index (χ2n) is 6.57. The monoisotopic (exact) mass is 272 g/mol. The number of ether oxygens (including phenoxy) is 1. The summed E-state index contributed by atoms with van der Waals surface area (Å²) in [5.74, 6) is -0.624. The lowest BCUT2D eigenvalue weighted by molar-refractivity contribution is -0.148. The van der Waals surface area contributed by atoms with Crippen LogP contribution in [0.5, 0.6) is 0 Å². The lowest BCUT2D eigenvalue weighted by atomic mass is 9.83. The van der Waals surface area contributed by atoms with Gasteiger partial charge in [0.05, 0.1) is 0 Å². The second-order valence-corrected chi connectivity index (χ2v) is 6.57. The summed E-state index contributed by atoms with van der Waals surface area (Å²) in [6.45, 7) is 7.30. The van der Waals surface area contributed by atoms with Gasteiger partial charge in [-0.15, -0.1) is 0 Å². The Morgan fingerprint density at radius 1 is 1.10 bits per heavy atom. The molecule has 0 spiro atoms. The maximum atomic E-state index is 12.4. The van der Waals surface area contributed by atoms with Crippen LogP contribution < -0.4 is 0 Å². The van der Waals surface area contributed by atoms with E-state index >= 15 is 0 Å². The highest BCUT2D eigenvalue weighted by molar-refractivity contribution is 6.13. The zero-order valence-corrected chi connectivity index (χ0v) is 12.4. The third-order valence-corrected chi connectivity index (χ3v) is 4.40. The molecule has 0 aromatic heterocycles. The average Bonchev–Trinajstić information content (AvgIpc) is 3.12. The van der Waals surface area contributed by atoms with Gasteiger partial charge in [0.25, 0.3) is 0 Å². The van der Waals surface area contributed by atoms with E-state index in [0.29, 0.717) is 5.92 Å². The van der Waals surface area contributed by atoms with Crippen molar-refractivity contribution >= 4 is 11.8 Å². The highest BCUT2D eigenvalue weighted by Crippen LogP contribution is 2.43. The van der Waals surface area contributed by atoms with Crippen LogP contribution in [0.3, 0.4) is 0 Å². The molecule has 0 radical (unpaired) electrons. The van der Waals surface area contributed by atoms with Crippen molar-refractivity contribution in [1.82, 2.24) is 0 Å². The van der Waals surface area contributed by atoms with Crippen molar-refractivity contribution in [2.24, 2.45) is 0 Å². The molecule has 3 nitrogen and oxygen atoms in total. The smallest absolute Gasteiger partial charge is 0.322 e. The molecule has 20 heavy (non-hydrogen) atoms. The number of rotatable bonds is 2. The molecule has 1 aromatic carbocycles. The van der Waals surface area contributed by atoms with E-state index in [9.17, 15) is 9.59 Å². The van der Waals surface area contributed by atoms with Crippen molar-refractivity contribution in [3.05, 3.63) is 34.4 Å². The number of esters is 1. The van der Waals surface area contributed by atoms with Crippen molar-refractivity contribution in [2.45, 2.75) is 58.0 Å². The molecular weight excluding hydrogens is 252 g/mol. The minimum Gasteiger partial charge on any atom is -0.451 e. The topological polar surface area (TPSA) is 43.4 Å². The van der Waals surface area contributed by atoms with Crippen molar-refractivity contribution in [1.29, 1.82) is 0 Å². The summed E-state index contributed by atoms with van der Waals surface area (Å²) in [5, 5.41) is 0. The first-order chi connectivity index (χ1) is 9.31. The Hall–Kier alpha value is -1.64. The van der Waals surface area contributed by atoms with E-state index < -0.39 is 17.5 Å². The molecule has 1 unspecified atom stereocenters. The molecular formula is C17H20O3. The third-order valence-electron chi connectivity index (χ3n) is 4.40. The zero-order chi connectivity index (χ0) is 14.7. The molecule has 1 aromatic rings. The second kappa shape index (κ2) is 4.18. The number of cyclic esters (lactones) is 1. The number of benzene rings is 1. The van der Waals surface area contributed by atoms with E-state index in [2.05, 4.69) is 12.1 Å². The highest BCUT2D eigenvalue weighted by Gasteiger charge is 2.50. The van der Waals surface area contributed by atoms with Crippen LogP contribution in [0.1, 0.15) is 60.8 Å². The number of Topliss-reactive ketones (excluding diaryl/α,β-unsaturated/α-hetero) is 1. The van der Waals surface area contributed by atoms with Crippen molar-refractivity contribution < 1.29 is 14.3 Å². The van der Waals surface area contributed by atoms with Gasteiger partial charge in [0.1, 0.15) is 5.92 Å². The Labute approximate surface area is 119 Å². The van der Waals surface area contributed by atoms with Crippen LogP contribution in [0, 0.1) is 13.8 Å². The van der Waals surface area contributed by atoms with Crippen molar-refractivity contribution in [3.63, 3.8) is 0 Å². The van der Waals surface area contributed by atoms with Crippen LogP contribution in [-0.2, 0) is 14.3 Å². The van der Waals surface area contributed by atoms with Gasteiger partial charge < -0.3 is 4.74 Å². The molecule has 106 valence electrons. The molecule has 1 atom stereocenters. The van der Waals surface area contributed by atoms with Gasteiger partial charge in [0.2, 0.25) is 0 Å². The number of hydrogen-bond acceptors (Lipinski definition) is 3. The van der Waals surface area contributed by atoms with Crippen LogP contribution in [0.15, 0.2) is 12.1 Å². The summed E-state index contributed by atoms with van der Waals surface area (Å²) in [5.41, 5.74) is 3.23. The summed E-state index contributed by atoms with van der Waals surface area (Å²) < 4.78 is 5.24. The van der Waals surface area contributed by atoms with Crippen molar-refractivity contribution in [2.75, 3.05) is 0 Å². The molecule has 1 saturated carbocycles. The lowest BCUT2D eigenvalue weighted by Gasteiger charge is -2.16. The zero-order valence-electron chi connectivity index (χ0n) is 12.4. The molecule has 3 heteroatoms. The summed E-state index contributed by atoms with van der Waals surface area (Å²) in [6.07, 6.45) is 2.49. The Bertz CT molecular complexity index is 586. The average molecular weight is 272 g/mol. The molecule has 1 aliphatic carbocycles. The number of ketones is 1. The molecule has 2 fully saturated rings. The van der Waals surface area contributed by atoms with Gasteiger partial charge in [0, 0.05) is 0 Å². The first-order valence-corrected chi connectivity index (χ1v) is 7.19. The SMILES string of the molecule is Cc1cc(C2CC2)cc(C)c1C1C(=O)OC(C)(C)C1=O. The van der Waals surface area contributed by atoms with Gasteiger partial charge in [-0.2, -0.15) is 0 Å². The van der Waals surface area contributed by atoms with Gasteiger partial charge >= 0.3 is 5.97 Å². The molecule has 2 aliphatic rings. The Kier molecular flexibility index (Phi) is 2.79. The first kappa shape index (κ1) is 13.3. The van der Waals surface area contributed by atoms with Crippen LogP contribution in [0.25, 0.3) is 0 Å². The Balaban J connectivity index is 2.06. The summed E-state index contributed by atoms with van der Waals surface area (Å²) in [6, 6.07) is 4.26. The Morgan fingerprint density at radius 2 is 1.65 bits per heavy atom. The number of carbonyl (C=O) groups excluding carboxylic acids is 2. The van der Waals surface area contributed by atoms with Gasteiger partial charge in [0.15, 0.2) is 11.4 Å². The molecule has 1 aliphatic heterocycles. The van der Waals surface area contributed by atoms with Crippen LogP contribution in [0.2, 0.25) is 0 Å². The normalized spacial score (nSPS) is 24.9. The van der Waals surface area contributed by atoms with E-state index in [1.165, 1.54) is 18.4 Å². The largest absolute Gasteiger partial charge is 0.451 e. The summed E-state index contributed by atoms with van der Waals surface area (Å²) >= 11 is 0. The van der Waals surface area contributed by atoms with E-state index in [0.717, 1.165) is 16.7 Å². The van der Waals surface area contributed by atoms with E-state index in [1.807, 2.05) is 13.8 Å². The van der Waals surface area contributed by atoms with Crippen LogP contribution in [-0.4, -0.2) is 17.4 Å². The summed E-state index contributed by atoms with van der Waals surface area (Å²) in [7, 11) is 0. The van der Waals surface area contributed by atoms with E-state index in [4.69, 9.17) is 4.74 Å². The minimum atomic E-state index is -1.00. The minimum absolute atomic E-state index is 0.132. The van der Waals surface area contributed by atoms with Crippen molar-refractivity contribution in [3.8, 4) is 0 Å². The van der Waals surface area contributed by atoms with Crippen LogP contribution in [0.4, 0.5) is 0 Å². The standard InChI is InChI=1S/C17H20O3/c1-9-7-12(11-5-6-11)8-10(2)13(9)14-15(18)17(3,4)20-16(14)19/h7-8,11,14H,5-6H2,1-4H3. The fourth-order valence-corrected chi connectivity index (χ4v) is 3.18. The molecule has 0 bridgehead atoms.